The highest BCUT2D eigenvalue weighted by Gasteiger charge is 2.17. The number of halogens is 1. The molecule has 0 spiro atoms. The lowest BCUT2D eigenvalue weighted by Crippen LogP contribution is -2.09. The van der Waals surface area contributed by atoms with Gasteiger partial charge in [-0.25, -0.2) is 0 Å². The third-order valence-corrected chi connectivity index (χ3v) is 4.09. The molecule has 1 aromatic heterocycles. The SMILES string of the molecule is CC(=O)Oc1cc(OC(C)=O)c2c(=O)c3ccc(CBr)cc3oc2c1. The molecule has 0 saturated heterocycles. The van der Waals surface area contributed by atoms with Gasteiger partial charge in [0.15, 0.2) is 0 Å². The Morgan fingerprint density at radius 2 is 1.76 bits per heavy atom. The topological polar surface area (TPSA) is 82.8 Å². The second-order valence-corrected chi connectivity index (χ2v) is 5.94. The van der Waals surface area contributed by atoms with E-state index in [2.05, 4.69) is 15.9 Å². The fraction of sp³-hybridized carbons (Fsp3) is 0.167. The minimum absolute atomic E-state index is 0.0125. The van der Waals surface area contributed by atoms with Crippen molar-refractivity contribution in [2.75, 3.05) is 0 Å². The predicted octanol–water partition coefficient (Wildman–Crippen LogP) is 3.69. The number of alkyl halides is 1. The summed E-state index contributed by atoms with van der Waals surface area (Å²) in [4.78, 5) is 35.5. The standard InChI is InChI=1S/C18H13BrO6/c1-9(20)23-12-6-15(24-10(2)21)17-16(7-12)25-14-5-11(8-19)3-4-13(14)18(17)22/h3-7H,8H2,1-2H3. The maximum atomic E-state index is 12.9. The van der Waals surface area contributed by atoms with Crippen molar-refractivity contribution in [3.63, 3.8) is 0 Å². The summed E-state index contributed by atoms with van der Waals surface area (Å²) in [5.41, 5.74) is 1.16. The third kappa shape index (κ3) is 3.41. The molecule has 0 aliphatic heterocycles. The zero-order chi connectivity index (χ0) is 18.1. The quantitative estimate of drug-likeness (QED) is 0.286. The van der Waals surface area contributed by atoms with Gasteiger partial charge in [0, 0.05) is 31.3 Å². The highest BCUT2D eigenvalue weighted by atomic mass is 79.9. The van der Waals surface area contributed by atoms with Gasteiger partial charge in [-0.05, 0) is 17.7 Å². The van der Waals surface area contributed by atoms with Crippen molar-refractivity contribution in [3.8, 4) is 11.5 Å². The van der Waals surface area contributed by atoms with Gasteiger partial charge < -0.3 is 13.9 Å². The maximum Gasteiger partial charge on any atom is 0.308 e. The molecule has 1 heterocycles. The minimum Gasteiger partial charge on any atom is -0.456 e. The van der Waals surface area contributed by atoms with E-state index >= 15 is 0 Å². The summed E-state index contributed by atoms with van der Waals surface area (Å²) >= 11 is 3.35. The number of benzene rings is 2. The summed E-state index contributed by atoms with van der Waals surface area (Å²) in [6.45, 7) is 2.46. The number of hydrogen-bond donors (Lipinski definition) is 0. The van der Waals surface area contributed by atoms with Gasteiger partial charge in [0.25, 0.3) is 0 Å². The van der Waals surface area contributed by atoms with E-state index in [0.717, 1.165) is 5.56 Å². The highest BCUT2D eigenvalue weighted by molar-refractivity contribution is 9.08. The van der Waals surface area contributed by atoms with Crippen LogP contribution in [-0.2, 0) is 14.9 Å². The fourth-order valence-electron chi connectivity index (χ4n) is 2.51. The van der Waals surface area contributed by atoms with Crippen LogP contribution in [0.3, 0.4) is 0 Å². The Morgan fingerprint density at radius 3 is 2.40 bits per heavy atom. The Morgan fingerprint density at radius 1 is 1.04 bits per heavy atom. The van der Waals surface area contributed by atoms with Crippen LogP contribution in [0, 0.1) is 0 Å². The van der Waals surface area contributed by atoms with E-state index in [1.54, 1.807) is 18.2 Å². The summed E-state index contributed by atoms with van der Waals surface area (Å²) < 4.78 is 16.0. The summed E-state index contributed by atoms with van der Waals surface area (Å²) in [6.07, 6.45) is 0. The van der Waals surface area contributed by atoms with E-state index in [-0.39, 0.29) is 27.9 Å². The Balaban J connectivity index is 2.37. The number of esters is 2. The first-order chi connectivity index (χ1) is 11.9. The van der Waals surface area contributed by atoms with Gasteiger partial charge in [-0.15, -0.1) is 0 Å². The van der Waals surface area contributed by atoms with E-state index in [1.807, 2.05) is 0 Å². The van der Waals surface area contributed by atoms with Crippen molar-refractivity contribution in [1.82, 2.24) is 0 Å². The molecule has 0 bridgehead atoms. The molecular weight excluding hydrogens is 392 g/mol. The highest BCUT2D eigenvalue weighted by Crippen LogP contribution is 2.32. The normalized spacial score (nSPS) is 10.8. The molecule has 2 aromatic carbocycles. The van der Waals surface area contributed by atoms with Crippen LogP contribution in [0.2, 0.25) is 0 Å². The fourth-order valence-corrected chi connectivity index (χ4v) is 2.85. The van der Waals surface area contributed by atoms with Crippen molar-refractivity contribution in [2.24, 2.45) is 0 Å². The molecule has 0 fully saturated rings. The lowest BCUT2D eigenvalue weighted by Gasteiger charge is -2.10. The van der Waals surface area contributed by atoms with Gasteiger partial charge in [0.05, 0.1) is 5.39 Å². The summed E-state index contributed by atoms with van der Waals surface area (Å²) in [7, 11) is 0. The zero-order valence-corrected chi connectivity index (χ0v) is 15.0. The average molecular weight is 405 g/mol. The van der Waals surface area contributed by atoms with Gasteiger partial charge >= 0.3 is 11.9 Å². The van der Waals surface area contributed by atoms with Gasteiger partial charge in [0.1, 0.15) is 28.1 Å². The molecule has 6 nitrogen and oxygen atoms in total. The molecular formula is C18H13BrO6. The van der Waals surface area contributed by atoms with Crippen molar-refractivity contribution >= 4 is 49.8 Å². The molecule has 0 amide bonds. The Hall–Kier alpha value is -2.67. The van der Waals surface area contributed by atoms with Crippen LogP contribution in [0.1, 0.15) is 19.4 Å². The van der Waals surface area contributed by atoms with Crippen molar-refractivity contribution < 1.29 is 23.5 Å². The average Bonchev–Trinajstić information content (AvgIpc) is 2.52. The van der Waals surface area contributed by atoms with Crippen LogP contribution >= 0.6 is 15.9 Å². The first-order valence-electron chi connectivity index (χ1n) is 7.35. The first kappa shape index (κ1) is 17.2. The Labute approximate surface area is 150 Å². The molecule has 25 heavy (non-hydrogen) atoms. The lowest BCUT2D eigenvalue weighted by atomic mass is 10.1. The van der Waals surface area contributed by atoms with Crippen LogP contribution in [0.25, 0.3) is 21.9 Å². The minimum atomic E-state index is -0.601. The molecule has 7 heteroatoms. The van der Waals surface area contributed by atoms with Crippen LogP contribution in [0.5, 0.6) is 11.5 Å². The monoisotopic (exact) mass is 404 g/mol. The molecule has 3 aromatic rings. The van der Waals surface area contributed by atoms with Crippen LogP contribution in [0.15, 0.2) is 39.5 Å². The molecule has 0 aliphatic carbocycles. The summed E-state index contributed by atoms with van der Waals surface area (Å²) in [5, 5.41) is 1.09. The van der Waals surface area contributed by atoms with Crippen molar-refractivity contribution in [2.45, 2.75) is 19.2 Å². The van der Waals surface area contributed by atoms with Crippen LogP contribution in [0.4, 0.5) is 0 Å². The first-order valence-corrected chi connectivity index (χ1v) is 8.47. The molecule has 0 unspecified atom stereocenters. The van der Waals surface area contributed by atoms with Crippen molar-refractivity contribution in [3.05, 3.63) is 46.1 Å². The van der Waals surface area contributed by atoms with Gasteiger partial charge in [-0.1, -0.05) is 22.0 Å². The molecule has 0 N–H and O–H groups in total. The third-order valence-electron chi connectivity index (χ3n) is 3.45. The van der Waals surface area contributed by atoms with E-state index in [4.69, 9.17) is 13.9 Å². The number of ether oxygens (including phenoxy) is 2. The van der Waals surface area contributed by atoms with Crippen LogP contribution < -0.4 is 14.9 Å². The van der Waals surface area contributed by atoms with E-state index in [0.29, 0.717) is 16.3 Å². The second kappa shape index (κ2) is 6.68. The molecule has 0 radical (unpaired) electrons. The molecule has 128 valence electrons. The number of carbonyl (C=O) groups is 2. The molecule has 0 saturated carbocycles. The van der Waals surface area contributed by atoms with Crippen LogP contribution in [-0.4, -0.2) is 11.9 Å². The van der Waals surface area contributed by atoms with Gasteiger partial charge in [-0.2, -0.15) is 0 Å². The molecule has 3 rings (SSSR count). The summed E-state index contributed by atoms with van der Waals surface area (Å²) in [5.74, 6) is -1.04. The largest absolute Gasteiger partial charge is 0.456 e. The number of hydrogen-bond acceptors (Lipinski definition) is 6. The van der Waals surface area contributed by atoms with E-state index < -0.39 is 11.9 Å². The van der Waals surface area contributed by atoms with Crippen molar-refractivity contribution in [1.29, 1.82) is 0 Å². The number of carbonyl (C=O) groups excluding carboxylic acids is 2. The Bertz CT molecular complexity index is 1070. The van der Waals surface area contributed by atoms with Gasteiger partial charge in [-0.3, -0.25) is 14.4 Å². The van der Waals surface area contributed by atoms with E-state index in [1.165, 1.54) is 26.0 Å². The maximum absolute atomic E-state index is 12.9. The summed E-state index contributed by atoms with van der Waals surface area (Å²) in [6, 6.07) is 7.95. The number of fused-ring (bicyclic) bond motifs is 2. The second-order valence-electron chi connectivity index (χ2n) is 5.38. The number of rotatable bonds is 3. The Kier molecular flexibility index (Phi) is 4.59. The van der Waals surface area contributed by atoms with E-state index in [9.17, 15) is 14.4 Å². The predicted molar refractivity (Wildman–Crippen MR) is 95.2 cm³/mol. The van der Waals surface area contributed by atoms with Gasteiger partial charge in [0.2, 0.25) is 5.43 Å². The molecule has 0 atom stereocenters. The molecule has 0 aliphatic rings. The smallest absolute Gasteiger partial charge is 0.308 e. The zero-order valence-electron chi connectivity index (χ0n) is 13.4. The lowest BCUT2D eigenvalue weighted by molar-refractivity contribution is -0.132.